The molecular formula is C54H102O6. The van der Waals surface area contributed by atoms with E-state index in [1.54, 1.807) is 0 Å². The fraction of sp³-hybridized carbons (Fsp3) is 0.667. The summed E-state index contributed by atoms with van der Waals surface area (Å²) in [4.78, 5) is 0. The molecule has 0 aliphatic carbocycles. The molecule has 4 atom stereocenters. The van der Waals surface area contributed by atoms with Gasteiger partial charge >= 0.3 is 0 Å². The molecule has 0 saturated heterocycles. The Morgan fingerprint density at radius 3 is 1.12 bits per heavy atom. The molecule has 3 rings (SSSR count). The van der Waals surface area contributed by atoms with Crippen molar-refractivity contribution >= 4 is 0 Å². The lowest BCUT2D eigenvalue weighted by Crippen LogP contribution is -2.26. The Bertz CT molecular complexity index is 1360. The maximum absolute atomic E-state index is 5.86. The average molecular weight is 847 g/mol. The van der Waals surface area contributed by atoms with Crippen LogP contribution in [-0.2, 0) is 25.0 Å². The summed E-state index contributed by atoms with van der Waals surface area (Å²) in [6.07, 6.45) is 2.86. The van der Waals surface area contributed by atoms with Crippen molar-refractivity contribution in [3.8, 4) is 17.2 Å². The van der Waals surface area contributed by atoms with Gasteiger partial charge in [0.2, 0.25) is 6.29 Å². The van der Waals surface area contributed by atoms with Gasteiger partial charge in [-0.2, -0.15) is 0 Å². The summed E-state index contributed by atoms with van der Waals surface area (Å²) in [7, 11) is 0. The van der Waals surface area contributed by atoms with E-state index < -0.39 is 0 Å². The summed E-state index contributed by atoms with van der Waals surface area (Å²) in [6.45, 7) is 36.3. The van der Waals surface area contributed by atoms with Gasteiger partial charge < -0.3 is 28.4 Å². The van der Waals surface area contributed by atoms with Crippen LogP contribution >= 0.6 is 0 Å². The molecule has 0 bridgehead atoms. The maximum atomic E-state index is 5.86. The Hall–Kier alpha value is -3.06. The molecule has 60 heavy (non-hydrogen) atoms. The quantitative estimate of drug-likeness (QED) is 0.106. The van der Waals surface area contributed by atoms with Crippen LogP contribution in [-0.4, -0.2) is 38.7 Å². The van der Waals surface area contributed by atoms with E-state index in [1.165, 1.54) is 16.7 Å². The zero-order valence-electron chi connectivity index (χ0n) is 37.1. The second kappa shape index (κ2) is 35.5. The summed E-state index contributed by atoms with van der Waals surface area (Å²) in [5.74, 6) is 4.09. The third-order valence-corrected chi connectivity index (χ3v) is 9.90. The standard InChI is InChI=1S/C17H28O2.C16H26O2.C15H24O2.6CH4/c1-7-17(5,6)15-8-10-16(11-9-15)19-14(4)18-12-13(2)3;1-6-13(5)14-8-10-15(11-9-14)18-16(12(3)4)17-7-2;1-6-15(4,5)13-8-10-14(11-9-13)17-12(3)16-7-2;;;;;;/h8-11,13-14H,7,12H2,1-6H3;8-13,16H,6-7H2,1-5H3;8-12H,6-7H2,1-5H3;6*1H4. The normalized spacial score (nSPS) is 12.5. The largest absolute Gasteiger partial charge is 0.465 e. The van der Waals surface area contributed by atoms with Crippen LogP contribution in [0.5, 0.6) is 17.2 Å². The average Bonchev–Trinajstić information content (AvgIpc) is 3.14. The lowest BCUT2D eigenvalue weighted by Gasteiger charge is -2.24. The van der Waals surface area contributed by atoms with Crippen LogP contribution in [0.25, 0.3) is 0 Å². The van der Waals surface area contributed by atoms with E-state index in [9.17, 15) is 0 Å². The van der Waals surface area contributed by atoms with E-state index >= 15 is 0 Å². The minimum atomic E-state index is -0.201. The lowest BCUT2D eigenvalue weighted by molar-refractivity contribution is -0.103. The summed E-state index contributed by atoms with van der Waals surface area (Å²) in [5, 5.41) is 0. The first-order chi connectivity index (χ1) is 25.4. The first-order valence-corrected chi connectivity index (χ1v) is 20.6. The number of hydrogen-bond donors (Lipinski definition) is 0. The highest BCUT2D eigenvalue weighted by atomic mass is 16.7. The van der Waals surface area contributed by atoms with Crippen molar-refractivity contribution in [2.24, 2.45) is 11.8 Å². The third kappa shape index (κ3) is 26.3. The van der Waals surface area contributed by atoms with Crippen molar-refractivity contribution < 1.29 is 28.4 Å². The molecule has 4 unspecified atom stereocenters. The van der Waals surface area contributed by atoms with Gasteiger partial charge in [-0.25, -0.2) is 0 Å². The fourth-order valence-electron chi connectivity index (χ4n) is 5.16. The molecule has 0 N–H and O–H groups in total. The smallest absolute Gasteiger partial charge is 0.202 e. The molecular weight excluding hydrogens is 745 g/mol. The molecule has 0 saturated carbocycles. The molecule has 0 aromatic heterocycles. The van der Waals surface area contributed by atoms with Crippen LogP contribution in [0, 0.1) is 11.8 Å². The van der Waals surface area contributed by atoms with Gasteiger partial charge in [0.15, 0.2) is 12.6 Å². The van der Waals surface area contributed by atoms with E-state index in [-0.39, 0.29) is 74.3 Å². The van der Waals surface area contributed by atoms with Gasteiger partial charge in [-0.1, -0.05) is 164 Å². The molecule has 354 valence electrons. The van der Waals surface area contributed by atoms with Crippen LogP contribution in [0.15, 0.2) is 72.8 Å². The minimum Gasteiger partial charge on any atom is -0.465 e. The third-order valence-electron chi connectivity index (χ3n) is 9.90. The Kier molecular flexibility index (Phi) is 40.7. The van der Waals surface area contributed by atoms with Crippen LogP contribution < -0.4 is 14.2 Å². The SMILES string of the molecule is C.C.C.C.C.C.CCC(C)(C)c1ccc(OC(C)OCC(C)C)cc1.CCOC(C)Oc1ccc(C(C)(C)CC)cc1.CCOC(Oc1ccc(C(C)CC)cc1)C(C)C. The van der Waals surface area contributed by atoms with Crippen molar-refractivity contribution in [3.63, 3.8) is 0 Å². The Morgan fingerprint density at radius 1 is 0.450 bits per heavy atom. The van der Waals surface area contributed by atoms with Gasteiger partial charge in [-0.15, -0.1) is 0 Å². The Labute approximate surface area is 375 Å². The molecule has 0 aliphatic heterocycles. The predicted octanol–water partition coefficient (Wildman–Crippen LogP) is 17.3. The highest BCUT2D eigenvalue weighted by Crippen LogP contribution is 2.30. The molecule has 0 spiro atoms. The van der Waals surface area contributed by atoms with E-state index in [0.29, 0.717) is 31.0 Å². The second-order valence-corrected chi connectivity index (χ2v) is 16.1. The van der Waals surface area contributed by atoms with Crippen LogP contribution in [0.1, 0.15) is 197 Å². The highest BCUT2D eigenvalue weighted by molar-refractivity contribution is 5.33. The first kappa shape index (κ1) is 68.7. The molecule has 6 heteroatoms. The molecule has 6 nitrogen and oxygen atoms in total. The van der Waals surface area contributed by atoms with Gasteiger partial charge in [0, 0.05) is 19.1 Å². The maximum Gasteiger partial charge on any atom is 0.202 e. The Balaban J connectivity index is -0.000000174. The van der Waals surface area contributed by atoms with E-state index in [0.717, 1.165) is 43.1 Å². The molecule has 0 aliphatic rings. The highest BCUT2D eigenvalue weighted by Gasteiger charge is 2.19. The number of rotatable bonds is 20. The van der Waals surface area contributed by atoms with Crippen LogP contribution in [0.4, 0.5) is 0 Å². The number of hydrogen-bond acceptors (Lipinski definition) is 6. The summed E-state index contributed by atoms with van der Waals surface area (Å²) < 4.78 is 33.8. The van der Waals surface area contributed by atoms with Crippen molar-refractivity contribution in [1.29, 1.82) is 0 Å². The molecule has 0 heterocycles. The fourth-order valence-corrected chi connectivity index (χ4v) is 5.16. The zero-order chi connectivity index (χ0) is 40.9. The topological polar surface area (TPSA) is 55.4 Å². The monoisotopic (exact) mass is 847 g/mol. The first-order valence-electron chi connectivity index (χ1n) is 20.6. The Morgan fingerprint density at radius 2 is 0.800 bits per heavy atom. The van der Waals surface area contributed by atoms with Gasteiger partial charge in [0.05, 0.1) is 6.61 Å². The summed E-state index contributed by atoms with van der Waals surface area (Å²) >= 11 is 0. The van der Waals surface area contributed by atoms with E-state index in [4.69, 9.17) is 28.4 Å². The minimum absolute atomic E-state index is 0. The van der Waals surface area contributed by atoms with Crippen molar-refractivity contribution in [3.05, 3.63) is 89.5 Å². The molecule has 3 aromatic carbocycles. The second-order valence-electron chi connectivity index (χ2n) is 16.1. The van der Waals surface area contributed by atoms with Crippen LogP contribution in [0.2, 0.25) is 0 Å². The summed E-state index contributed by atoms with van der Waals surface area (Å²) in [6, 6.07) is 25.0. The van der Waals surface area contributed by atoms with Crippen molar-refractivity contribution in [1.82, 2.24) is 0 Å². The van der Waals surface area contributed by atoms with Crippen molar-refractivity contribution in [2.45, 2.75) is 210 Å². The number of benzene rings is 3. The van der Waals surface area contributed by atoms with Gasteiger partial charge in [-0.05, 0) is 123 Å². The van der Waals surface area contributed by atoms with Gasteiger partial charge in [0.1, 0.15) is 17.2 Å². The van der Waals surface area contributed by atoms with E-state index in [1.807, 2.05) is 64.1 Å². The number of ether oxygens (including phenoxy) is 6. The van der Waals surface area contributed by atoms with Crippen molar-refractivity contribution in [2.75, 3.05) is 19.8 Å². The molecule has 0 fully saturated rings. The lowest BCUT2D eigenvalue weighted by atomic mass is 9.82. The van der Waals surface area contributed by atoms with Crippen LogP contribution in [0.3, 0.4) is 0 Å². The predicted molar refractivity (Wildman–Crippen MR) is 269 cm³/mol. The molecule has 0 radical (unpaired) electrons. The summed E-state index contributed by atoms with van der Waals surface area (Å²) in [5.41, 5.74) is 4.50. The van der Waals surface area contributed by atoms with Gasteiger partial charge in [0.25, 0.3) is 0 Å². The van der Waals surface area contributed by atoms with Gasteiger partial charge in [-0.3, -0.25) is 0 Å². The van der Waals surface area contributed by atoms with E-state index in [2.05, 4.69) is 119 Å². The zero-order valence-corrected chi connectivity index (χ0v) is 37.1. The molecule has 0 amide bonds. The molecule has 3 aromatic rings.